The molecule has 0 radical (unpaired) electrons. The molecule has 7 heteroatoms. The average Bonchev–Trinajstić information content (AvgIpc) is 3.00. The van der Waals surface area contributed by atoms with E-state index in [0.717, 1.165) is 31.4 Å². The molecule has 24 heavy (non-hydrogen) atoms. The van der Waals surface area contributed by atoms with Crippen LogP contribution in [0, 0.1) is 18.6 Å². The summed E-state index contributed by atoms with van der Waals surface area (Å²) in [5.41, 5.74) is 0.716. The smallest absolute Gasteiger partial charge is 0.261 e. The predicted molar refractivity (Wildman–Crippen MR) is 81.4 cm³/mol. The number of aryl methyl sites for hydroxylation is 1. The van der Waals surface area contributed by atoms with Crippen molar-refractivity contribution in [2.24, 2.45) is 0 Å². The van der Waals surface area contributed by atoms with Crippen molar-refractivity contribution in [1.29, 1.82) is 0 Å². The highest BCUT2D eigenvalue weighted by molar-refractivity contribution is 5.78. The van der Waals surface area contributed by atoms with Crippen molar-refractivity contribution in [1.82, 2.24) is 10.1 Å². The first-order valence-corrected chi connectivity index (χ1v) is 7.85. The molecule has 0 spiro atoms. The van der Waals surface area contributed by atoms with Gasteiger partial charge in [-0.25, -0.2) is 8.78 Å². The van der Waals surface area contributed by atoms with Crippen LogP contribution in [0.5, 0.6) is 5.75 Å². The Bertz CT molecular complexity index is 732. The number of rotatable bonds is 4. The van der Waals surface area contributed by atoms with Crippen molar-refractivity contribution in [2.45, 2.75) is 32.2 Å². The van der Waals surface area contributed by atoms with Crippen LogP contribution in [0.3, 0.4) is 0 Å². The van der Waals surface area contributed by atoms with Gasteiger partial charge in [-0.05, 0) is 38.3 Å². The van der Waals surface area contributed by atoms with Crippen molar-refractivity contribution in [3.05, 3.63) is 47.4 Å². The fourth-order valence-corrected chi connectivity index (χ4v) is 2.89. The molecule has 1 aliphatic rings. The van der Waals surface area contributed by atoms with Gasteiger partial charge in [0.05, 0.1) is 6.04 Å². The highest BCUT2D eigenvalue weighted by Crippen LogP contribution is 2.30. The number of carbonyl (C=O) groups excluding carboxylic acids is 1. The number of piperidine rings is 1. The summed E-state index contributed by atoms with van der Waals surface area (Å²) >= 11 is 0. The molecule has 1 saturated heterocycles. The zero-order valence-electron chi connectivity index (χ0n) is 13.3. The van der Waals surface area contributed by atoms with E-state index in [1.807, 2.05) is 6.07 Å². The van der Waals surface area contributed by atoms with E-state index >= 15 is 0 Å². The van der Waals surface area contributed by atoms with Crippen LogP contribution in [0.4, 0.5) is 8.78 Å². The summed E-state index contributed by atoms with van der Waals surface area (Å²) in [7, 11) is 0. The molecule has 1 atom stereocenters. The molecule has 3 rings (SSSR count). The molecular formula is C17H18F2N2O3. The fourth-order valence-electron chi connectivity index (χ4n) is 2.89. The number of benzene rings is 1. The van der Waals surface area contributed by atoms with E-state index in [4.69, 9.17) is 9.26 Å². The predicted octanol–water partition coefficient (Wildman–Crippen LogP) is 3.39. The number of likely N-dealkylation sites (tertiary alicyclic amines) is 1. The summed E-state index contributed by atoms with van der Waals surface area (Å²) in [5, 5.41) is 4.00. The standard InChI is InChI=1S/C17H18F2N2O3/c1-11-8-14(20-24-11)15-4-2-3-7-21(15)17(22)10-23-16-6-5-12(18)9-13(16)19/h5-6,8-9,15H,2-4,7,10H2,1H3/t15-/m0/s1. The molecule has 0 saturated carbocycles. The molecule has 1 aliphatic heterocycles. The molecule has 1 amide bonds. The van der Waals surface area contributed by atoms with Gasteiger partial charge in [0.25, 0.3) is 5.91 Å². The maximum Gasteiger partial charge on any atom is 0.261 e. The lowest BCUT2D eigenvalue weighted by molar-refractivity contribution is -0.137. The van der Waals surface area contributed by atoms with Gasteiger partial charge in [-0.1, -0.05) is 5.16 Å². The van der Waals surface area contributed by atoms with Gasteiger partial charge in [-0.2, -0.15) is 0 Å². The lowest BCUT2D eigenvalue weighted by Crippen LogP contribution is -2.41. The molecule has 0 bridgehead atoms. The first-order valence-electron chi connectivity index (χ1n) is 7.85. The maximum absolute atomic E-state index is 13.6. The van der Waals surface area contributed by atoms with E-state index < -0.39 is 11.6 Å². The van der Waals surface area contributed by atoms with Crippen molar-refractivity contribution in [3.63, 3.8) is 0 Å². The Labute approximate surface area is 138 Å². The molecule has 128 valence electrons. The Morgan fingerprint density at radius 2 is 2.21 bits per heavy atom. The monoisotopic (exact) mass is 336 g/mol. The molecule has 0 aliphatic carbocycles. The molecule has 0 unspecified atom stereocenters. The third-order valence-electron chi connectivity index (χ3n) is 4.06. The van der Waals surface area contributed by atoms with Crippen molar-refractivity contribution < 1.29 is 22.8 Å². The molecule has 2 aromatic rings. The number of nitrogens with zero attached hydrogens (tertiary/aromatic N) is 2. The summed E-state index contributed by atoms with van der Waals surface area (Å²) in [5.74, 6) is -1.24. The van der Waals surface area contributed by atoms with Gasteiger partial charge in [-0.3, -0.25) is 4.79 Å². The third kappa shape index (κ3) is 3.55. The fraction of sp³-hybridized carbons (Fsp3) is 0.412. The van der Waals surface area contributed by atoms with Crippen LogP contribution in [0.15, 0.2) is 28.8 Å². The largest absolute Gasteiger partial charge is 0.481 e. The number of amides is 1. The van der Waals surface area contributed by atoms with Gasteiger partial charge in [-0.15, -0.1) is 0 Å². The average molecular weight is 336 g/mol. The van der Waals surface area contributed by atoms with Crippen LogP contribution in [0.25, 0.3) is 0 Å². The quantitative estimate of drug-likeness (QED) is 0.859. The number of hydrogen-bond acceptors (Lipinski definition) is 4. The minimum absolute atomic E-state index is 0.143. The highest BCUT2D eigenvalue weighted by atomic mass is 19.1. The summed E-state index contributed by atoms with van der Waals surface area (Å²) in [6, 6.07) is 4.64. The van der Waals surface area contributed by atoms with Gasteiger partial charge in [0.1, 0.15) is 17.3 Å². The van der Waals surface area contributed by atoms with Gasteiger partial charge in [0.15, 0.2) is 18.2 Å². The summed E-state index contributed by atoms with van der Waals surface area (Å²) in [6.45, 7) is 2.08. The number of hydrogen-bond donors (Lipinski definition) is 0. The van der Waals surface area contributed by atoms with Crippen LogP contribution in [0.1, 0.15) is 36.8 Å². The lowest BCUT2D eigenvalue weighted by Gasteiger charge is -2.34. The van der Waals surface area contributed by atoms with E-state index in [0.29, 0.717) is 18.0 Å². The maximum atomic E-state index is 13.6. The number of halogens is 2. The molecule has 1 aromatic carbocycles. The molecule has 1 aromatic heterocycles. The molecule has 0 N–H and O–H groups in total. The highest BCUT2D eigenvalue weighted by Gasteiger charge is 2.30. The van der Waals surface area contributed by atoms with E-state index in [2.05, 4.69) is 5.16 Å². The lowest BCUT2D eigenvalue weighted by atomic mass is 9.99. The zero-order chi connectivity index (χ0) is 17.1. The first-order chi connectivity index (χ1) is 11.5. The normalized spacial score (nSPS) is 17.8. The Balaban J connectivity index is 1.68. The minimum Gasteiger partial charge on any atom is -0.481 e. The van der Waals surface area contributed by atoms with Gasteiger partial charge in [0, 0.05) is 18.7 Å². The molecule has 5 nitrogen and oxygen atoms in total. The topological polar surface area (TPSA) is 55.6 Å². The van der Waals surface area contributed by atoms with E-state index in [1.54, 1.807) is 11.8 Å². The van der Waals surface area contributed by atoms with Gasteiger partial charge in [0.2, 0.25) is 0 Å². The second-order valence-corrected chi connectivity index (χ2v) is 5.82. The molecular weight excluding hydrogens is 318 g/mol. The van der Waals surface area contributed by atoms with Crippen LogP contribution in [0.2, 0.25) is 0 Å². The second-order valence-electron chi connectivity index (χ2n) is 5.82. The third-order valence-corrected chi connectivity index (χ3v) is 4.06. The summed E-state index contributed by atoms with van der Waals surface area (Å²) in [6.07, 6.45) is 2.68. The first kappa shape index (κ1) is 16.4. The Kier molecular flexibility index (Phi) is 4.78. The van der Waals surface area contributed by atoms with Gasteiger partial charge < -0.3 is 14.2 Å². The van der Waals surface area contributed by atoms with Crippen molar-refractivity contribution in [3.8, 4) is 5.75 Å². The zero-order valence-corrected chi connectivity index (χ0v) is 13.3. The summed E-state index contributed by atoms with van der Waals surface area (Å²) < 4.78 is 36.8. The SMILES string of the molecule is Cc1cc([C@@H]2CCCCN2C(=O)COc2ccc(F)cc2F)no1. The van der Waals surface area contributed by atoms with E-state index in [9.17, 15) is 13.6 Å². The van der Waals surface area contributed by atoms with E-state index in [1.165, 1.54) is 6.07 Å². The summed E-state index contributed by atoms with van der Waals surface area (Å²) in [4.78, 5) is 14.2. The Hall–Kier alpha value is -2.44. The Morgan fingerprint density at radius 3 is 2.92 bits per heavy atom. The van der Waals surface area contributed by atoms with Crippen molar-refractivity contribution >= 4 is 5.91 Å². The van der Waals surface area contributed by atoms with Gasteiger partial charge >= 0.3 is 0 Å². The van der Waals surface area contributed by atoms with Crippen LogP contribution in [-0.2, 0) is 4.79 Å². The number of aromatic nitrogens is 1. The number of carbonyl (C=O) groups is 1. The molecule has 2 heterocycles. The molecule has 1 fully saturated rings. The van der Waals surface area contributed by atoms with Crippen LogP contribution < -0.4 is 4.74 Å². The number of ether oxygens (including phenoxy) is 1. The van der Waals surface area contributed by atoms with Crippen LogP contribution in [-0.4, -0.2) is 29.1 Å². The Morgan fingerprint density at radius 1 is 1.38 bits per heavy atom. The van der Waals surface area contributed by atoms with Crippen molar-refractivity contribution in [2.75, 3.05) is 13.2 Å². The van der Waals surface area contributed by atoms with Crippen LogP contribution >= 0.6 is 0 Å². The van der Waals surface area contributed by atoms with E-state index in [-0.39, 0.29) is 24.3 Å². The minimum atomic E-state index is -0.829. The second kappa shape index (κ2) is 6.98.